The molecule has 0 atom stereocenters. The number of nitrogens with zero attached hydrogens (tertiary/aromatic N) is 1. The van der Waals surface area contributed by atoms with Crippen molar-refractivity contribution < 1.29 is 13.2 Å². The molecular formula is C23H28Cl2N2O3S. The fraction of sp³-hybridized carbons (Fsp3) is 0.435. The third-order valence-corrected chi connectivity index (χ3v) is 8.11. The fourth-order valence-electron chi connectivity index (χ4n) is 3.85. The molecule has 0 aliphatic heterocycles. The van der Waals surface area contributed by atoms with E-state index < -0.39 is 10.0 Å². The Labute approximate surface area is 194 Å². The van der Waals surface area contributed by atoms with Crippen molar-refractivity contribution in [2.24, 2.45) is 0 Å². The maximum absolute atomic E-state index is 13.4. The lowest BCUT2D eigenvalue weighted by molar-refractivity contribution is -0.122. The molecule has 5 nitrogen and oxygen atoms in total. The van der Waals surface area contributed by atoms with Crippen LogP contribution in [0.1, 0.15) is 44.1 Å². The highest BCUT2D eigenvalue weighted by Gasteiger charge is 2.29. The van der Waals surface area contributed by atoms with E-state index in [0.29, 0.717) is 6.42 Å². The van der Waals surface area contributed by atoms with Gasteiger partial charge in [-0.25, -0.2) is 8.42 Å². The number of rotatable bonds is 8. The first-order valence-electron chi connectivity index (χ1n) is 10.6. The largest absolute Gasteiger partial charge is 0.352 e. The molecule has 0 heterocycles. The zero-order valence-electron chi connectivity index (χ0n) is 17.4. The number of amides is 1. The summed E-state index contributed by atoms with van der Waals surface area (Å²) >= 11 is 12.2. The van der Waals surface area contributed by atoms with Gasteiger partial charge in [0, 0.05) is 17.6 Å². The summed E-state index contributed by atoms with van der Waals surface area (Å²) in [6.45, 7) is -0.0955. The number of halogens is 2. The number of carbonyl (C=O) groups is 1. The smallest absolute Gasteiger partial charge is 0.245 e. The number of hydrogen-bond acceptors (Lipinski definition) is 3. The van der Waals surface area contributed by atoms with Crippen molar-refractivity contribution in [2.75, 3.05) is 13.1 Å². The van der Waals surface area contributed by atoms with Gasteiger partial charge < -0.3 is 5.32 Å². The summed E-state index contributed by atoms with van der Waals surface area (Å²) in [5.41, 5.74) is 0.990. The summed E-state index contributed by atoms with van der Waals surface area (Å²) in [4.78, 5) is 12.7. The van der Waals surface area contributed by atoms with Gasteiger partial charge in [-0.2, -0.15) is 4.31 Å². The van der Waals surface area contributed by atoms with Crippen LogP contribution in [0.5, 0.6) is 0 Å². The van der Waals surface area contributed by atoms with E-state index in [1.54, 1.807) is 0 Å². The molecule has 1 N–H and O–H groups in total. The van der Waals surface area contributed by atoms with E-state index >= 15 is 0 Å². The van der Waals surface area contributed by atoms with Gasteiger partial charge in [0.05, 0.1) is 11.6 Å². The van der Waals surface area contributed by atoms with Crippen LogP contribution in [0.15, 0.2) is 53.4 Å². The summed E-state index contributed by atoms with van der Waals surface area (Å²) in [7, 11) is -4.01. The Morgan fingerprint density at radius 1 is 1.00 bits per heavy atom. The zero-order valence-corrected chi connectivity index (χ0v) is 19.7. The van der Waals surface area contributed by atoms with Gasteiger partial charge in [0.1, 0.15) is 4.90 Å². The zero-order chi connectivity index (χ0) is 22.3. The van der Waals surface area contributed by atoms with E-state index in [1.165, 1.54) is 35.3 Å². The van der Waals surface area contributed by atoms with Crippen molar-refractivity contribution in [3.05, 3.63) is 64.1 Å². The SMILES string of the molecule is O=C(CN(CCc1ccccc1)S(=O)(=O)c1cc(Cl)ccc1Cl)NC1CCCCCC1. The summed E-state index contributed by atoms with van der Waals surface area (Å²) in [6, 6.07) is 14.0. The first kappa shape index (κ1) is 24.1. The van der Waals surface area contributed by atoms with Crippen LogP contribution in [0, 0.1) is 0 Å². The molecule has 1 aliphatic rings. The predicted octanol–water partition coefficient (Wildman–Crippen LogP) is 5.07. The summed E-state index contributed by atoms with van der Waals surface area (Å²) in [5, 5.41) is 3.39. The lowest BCUT2D eigenvalue weighted by Crippen LogP contribution is -2.44. The number of benzene rings is 2. The Morgan fingerprint density at radius 2 is 1.68 bits per heavy atom. The lowest BCUT2D eigenvalue weighted by Gasteiger charge is -2.24. The molecule has 0 unspecified atom stereocenters. The minimum absolute atomic E-state index is 0.0817. The summed E-state index contributed by atoms with van der Waals surface area (Å²) in [5.74, 6) is -0.290. The minimum Gasteiger partial charge on any atom is -0.352 e. The molecule has 0 aromatic heterocycles. The van der Waals surface area contributed by atoms with E-state index in [0.717, 1.165) is 31.2 Å². The molecule has 8 heteroatoms. The monoisotopic (exact) mass is 482 g/mol. The summed E-state index contributed by atoms with van der Waals surface area (Å²) < 4.78 is 28.0. The van der Waals surface area contributed by atoms with E-state index in [2.05, 4.69) is 5.32 Å². The molecule has 1 saturated carbocycles. The Morgan fingerprint density at radius 3 is 2.35 bits per heavy atom. The van der Waals surface area contributed by atoms with Crippen LogP contribution in [0.3, 0.4) is 0 Å². The van der Waals surface area contributed by atoms with E-state index in [9.17, 15) is 13.2 Å². The van der Waals surface area contributed by atoms with Crippen molar-refractivity contribution in [1.29, 1.82) is 0 Å². The standard InChI is InChI=1S/C23H28Cl2N2O3S/c24-19-12-13-21(25)22(16-19)31(29,30)27(15-14-18-8-4-3-5-9-18)17-23(28)26-20-10-6-1-2-7-11-20/h3-5,8-9,12-13,16,20H,1-2,6-7,10-11,14-15,17H2,(H,26,28). The molecule has 2 aromatic rings. The van der Waals surface area contributed by atoms with Crippen LogP contribution in [-0.2, 0) is 21.2 Å². The second-order valence-electron chi connectivity index (χ2n) is 7.90. The van der Waals surface area contributed by atoms with E-state index in [1.807, 2.05) is 30.3 Å². The maximum Gasteiger partial charge on any atom is 0.245 e. The van der Waals surface area contributed by atoms with Crippen molar-refractivity contribution >= 4 is 39.1 Å². The minimum atomic E-state index is -4.01. The number of sulfonamides is 1. The molecule has 2 aromatic carbocycles. The number of nitrogens with one attached hydrogen (secondary N) is 1. The van der Waals surface area contributed by atoms with Gasteiger partial charge in [-0.1, -0.05) is 79.2 Å². The normalized spacial score (nSPS) is 15.6. The lowest BCUT2D eigenvalue weighted by atomic mass is 10.1. The maximum atomic E-state index is 13.4. The van der Waals surface area contributed by atoms with Crippen LogP contribution >= 0.6 is 23.2 Å². The first-order valence-corrected chi connectivity index (χ1v) is 12.8. The number of carbonyl (C=O) groups excluding carboxylic acids is 1. The van der Waals surface area contributed by atoms with Crippen molar-refractivity contribution in [2.45, 2.75) is 55.9 Å². The van der Waals surface area contributed by atoms with Gasteiger partial charge in [0.15, 0.2) is 0 Å². The van der Waals surface area contributed by atoms with Gasteiger partial charge in [-0.05, 0) is 43.0 Å². The van der Waals surface area contributed by atoms with E-state index in [-0.39, 0.29) is 40.0 Å². The third kappa shape index (κ3) is 6.94. The van der Waals surface area contributed by atoms with Gasteiger partial charge in [-0.15, -0.1) is 0 Å². The van der Waals surface area contributed by atoms with E-state index in [4.69, 9.17) is 23.2 Å². The molecule has 3 rings (SSSR count). The molecule has 1 fully saturated rings. The van der Waals surface area contributed by atoms with Crippen LogP contribution in [0.4, 0.5) is 0 Å². The summed E-state index contributed by atoms with van der Waals surface area (Å²) in [6.07, 6.45) is 6.87. The van der Waals surface area contributed by atoms with Gasteiger partial charge >= 0.3 is 0 Å². The number of hydrogen-bond donors (Lipinski definition) is 1. The van der Waals surface area contributed by atoms with Crippen molar-refractivity contribution in [3.8, 4) is 0 Å². The topological polar surface area (TPSA) is 66.5 Å². The molecule has 0 saturated heterocycles. The van der Waals surface area contributed by atoms with Crippen LogP contribution < -0.4 is 5.32 Å². The molecule has 168 valence electrons. The van der Waals surface area contributed by atoms with Gasteiger partial charge in [0.25, 0.3) is 0 Å². The second kappa shape index (κ2) is 11.3. The molecule has 0 spiro atoms. The molecule has 0 bridgehead atoms. The van der Waals surface area contributed by atoms with Crippen LogP contribution in [0.2, 0.25) is 10.0 Å². The first-order chi connectivity index (χ1) is 14.9. The van der Waals surface area contributed by atoms with Crippen molar-refractivity contribution in [1.82, 2.24) is 9.62 Å². The Bertz CT molecular complexity index is 976. The molecule has 1 amide bonds. The Kier molecular flexibility index (Phi) is 8.78. The average molecular weight is 483 g/mol. The quantitative estimate of drug-likeness (QED) is 0.534. The Balaban J connectivity index is 1.79. The second-order valence-corrected chi connectivity index (χ2v) is 10.7. The van der Waals surface area contributed by atoms with Gasteiger partial charge in [0.2, 0.25) is 15.9 Å². The highest BCUT2D eigenvalue weighted by atomic mass is 35.5. The van der Waals surface area contributed by atoms with Crippen LogP contribution in [0.25, 0.3) is 0 Å². The molecular weight excluding hydrogens is 455 g/mol. The highest BCUT2D eigenvalue weighted by molar-refractivity contribution is 7.89. The van der Waals surface area contributed by atoms with Crippen molar-refractivity contribution in [3.63, 3.8) is 0 Å². The predicted molar refractivity (Wildman–Crippen MR) is 125 cm³/mol. The van der Waals surface area contributed by atoms with Crippen LogP contribution in [-0.4, -0.2) is 37.8 Å². The average Bonchev–Trinajstić information content (AvgIpc) is 3.02. The fourth-order valence-corrected chi connectivity index (χ4v) is 5.99. The molecule has 1 aliphatic carbocycles. The highest BCUT2D eigenvalue weighted by Crippen LogP contribution is 2.28. The van der Waals surface area contributed by atoms with Gasteiger partial charge in [-0.3, -0.25) is 4.79 Å². The third-order valence-electron chi connectivity index (χ3n) is 5.54. The molecule has 31 heavy (non-hydrogen) atoms. The molecule has 0 radical (unpaired) electrons. The Hall–Kier alpha value is -1.60.